The molecule has 0 radical (unpaired) electrons. The smallest absolute Gasteiger partial charge is 0.339 e. The first-order valence-electron chi connectivity index (χ1n) is 9.94. The number of amides is 1. The van der Waals surface area contributed by atoms with E-state index in [1.54, 1.807) is 36.4 Å². The minimum atomic E-state index is -0.613. The number of ether oxygens (including phenoxy) is 1. The fourth-order valence-electron chi connectivity index (χ4n) is 3.75. The van der Waals surface area contributed by atoms with Crippen molar-refractivity contribution in [1.82, 2.24) is 10.3 Å². The van der Waals surface area contributed by atoms with Crippen LogP contribution in [0.1, 0.15) is 36.0 Å². The highest BCUT2D eigenvalue weighted by Gasteiger charge is 2.21. The summed E-state index contributed by atoms with van der Waals surface area (Å²) in [6, 6.07) is 12.2. The molecule has 31 heavy (non-hydrogen) atoms. The molecule has 3 aromatic rings. The second-order valence-electron chi connectivity index (χ2n) is 7.42. The quantitative estimate of drug-likeness (QED) is 0.357. The lowest BCUT2D eigenvalue weighted by Gasteiger charge is -2.13. The van der Waals surface area contributed by atoms with Crippen LogP contribution in [-0.4, -0.2) is 29.5 Å². The first-order chi connectivity index (χ1) is 14.9. The van der Waals surface area contributed by atoms with Crippen LogP contribution >= 0.6 is 34.8 Å². The number of benzene rings is 2. The number of carbonyl (C=O) groups is 2. The molecule has 0 aliphatic heterocycles. The number of carbonyl (C=O) groups excluding carboxylic acids is 2. The highest BCUT2D eigenvalue weighted by molar-refractivity contribution is 6.49. The van der Waals surface area contributed by atoms with Crippen molar-refractivity contribution in [2.75, 3.05) is 6.61 Å². The molecule has 0 saturated heterocycles. The monoisotopic (exact) mass is 476 g/mol. The minimum Gasteiger partial charge on any atom is -0.452 e. The van der Waals surface area contributed by atoms with Gasteiger partial charge in [-0.15, -0.1) is 0 Å². The van der Waals surface area contributed by atoms with E-state index in [4.69, 9.17) is 39.5 Å². The third-order valence-electron chi connectivity index (χ3n) is 5.30. The third kappa shape index (κ3) is 4.79. The summed E-state index contributed by atoms with van der Waals surface area (Å²) in [4.78, 5) is 29.6. The summed E-state index contributed by atoms with van der Waals surface area (Å²) < 4.78 is 5.31. The minimum absolute atomic E-state index is 0.163. The Labute approximate surface area is 194 Å². The molecule has 5 nitrogen and oxygen atoms in total. The van der Waals surface area contributed by atoms with E-state index in [-0.39, 0.29) is 34.2 Å². The van der Waals surface area contributed by atoms with Crippen molar-refractivity contribution in [3.05, 3.63) is 63.1 Å². The van der Waals surface area contributed by atoms with E-state index in [1.165, 1.54) is 0 Å². The molecule has 1 N–H and O–H groups in total. The first-order valence-corrected chi connectivity index (χ1v) is 11.1. The maximum absolute atomic E-state index is 12.9. The van der Waals surface area contributed by atoms with Gasteiger partial charge in [-0.1, -0.05) is 65.8 Å². The van der Waals surface area contributed by atoms with Crippen molar-refractivity contribution in [2.24, 2.45) is 0 Å². The van der Waals surface area contributed by atoms with Gasteiger partial charge >= 0.3 is 5.97 Å². The maximum Gasteiger partial charge on any atom is 0.339 e. The molecule has 1 saturated carbocycles. The van der Waals surface area contributed by atoms with Gasteiger partial charge in [-0.2, -0.15) is 0 Å². The predicted octanol–water partition coefficient (Wildman–Crippen LogP) is 6.08. The average molecular weight is 478 g/mol. The van der Waals surface area contributed by atoms with Gasteiger partial charge in [-0.3, -0.25) is 4.79 Å². The lowest BCUT2D eigenvalue weighted by Crippen LogP contribution is -2.35. The van der Waals surface area contributed by atoms with Crippen LogP contribution in [0.5, 0.6) is 0 Å². The summed E-state index contributed by atoms with van der Waals surface area (Å²) in [6.07, 6.45) is 4.13. The van der Waals surface area contributed by atoms with Crippen LogP contribution in [-0.2, 0) is 9.53 Å². The van der Waals surface area contributed by atoms with E-state index in [2.05, 4.69) is 10.3 Å². The predicted molar refractivity (Wildman–Crippen MR) is 123 cm³/mol. The Kier molecular flexibility index (Phi) is 6.65. The highest BCUT2D eigenvalue weighted by atomic mass is 35.5. The number of nitrogens with zero attached hydrogens (tertiary/aromatic N) is 1. The summed E-state index contributed by atoms with van der Waals surface area (Å²) in [6.45, 7) is -0.338. The van der Waals surface area contributed by atoms with Crippen LogP contribution in [0.4, 0.5) is 0 Å². The Balaban J connectivity index is 1.63. The Morgan fingerprint density at radius 3 is 2.55 bits per heavy atom. The van der Waals surface area contributed by atoms with Crippen molar-refractivity contribution in [1.29, 1.82) is 0 Å². The molecular weight excluding hydrogens is 459 g/mol. The van der Waals surface area contributed by atoms with Gasteiger partial charge in [0, 0.05) is 17.0 Å². The molecule has 0 unspecified atom stereocenters. The number of fused-ring (bicyclic) bond motifs is 1. The largest absolute Gasteiger partial charge is 0.452 e. The summed E-state index contributed by atoms with van der Waals surface area (Å²) in [5, 5.41) is 4.30. The molecule has 2 aromatic carbocycles. The Morgan fingerprint density at radius 2 is 1.77 bits per heavy atom. The molecule has 160 valence electrons. The lowest BCUT2D eigenvalue weighted by atomic mass is 10.0. The van der Waals surface area contributed by atoms with E-state index in [1.807, 2.05) is 6.07 Å². The number of para-hydroxylation sites is 1. The van der Waals surface area contributed by atoms with Crippen molar-refractivity contribution < 1.29 is 14.3 Å². The molecule has 0 spiro atoms. The number of esters is 1. The van der Waals surface area contributed by atoms with E-state index in [0.717, 1.165) is 25.7 Å². The number of rotatable bonds is 5. The van der Waals surface area contributed by atoms with Gasteiger partial charge in [0.05, 0.1) is 31.8 Å². The highest BCUT2D eigenvalue weighted by Crippen LogP contribution is 2.38. The van der Waals surface area contributed by atoms with Crippen LogP contribution in [0.25, 0.3) is 22.2 Å². The fourth-order valence-corrected chi connectivity index (χ4v) is 4.39. The third-order valence-corrected chi connectivity index (χ3v) is 6.60. The number of aromatic nitrogens is 1. The average Bonchev–Trinajstić information content (AvgIpc) is 3.28. The van der Waals surface area contributed by atoms with Gasteiger partial charge in [0.25, 0.3) is 5.91 Å². The molecular formula is C23H19Cl3N2O3. The standard InChI is InChI=1S/C23H19Cl3N2O3/c24-17-10-9-15(21(25)22(17)26)19-11-16(14-7-3-4-8-18(14)28-19)23(30)31-12-20(29)27-13-5-1-2-6-13/h3-4,7-11,13H,1-2,5-6,12H2,(H,27,29). The topological polar surface area (TPSA) is 68.3 Å². The van der Waals surface area contributed by atoms with Crippen LogP contribution in [0.15, 0.2) is 42.5 Å². The van der Waals surface area contributed by atoms with Gasteiger partial charge in [0.1, 0.15) is 0 Å². The molecule has 0 atom stereocenters. The van der Waals surface area contributed by atoms with Crippen LogP contribution < -0.4 is 5.32 Å². The van der Waals surface area contributed by atoms with Crippen molar-refractivity contribution in [3.63, 3.8) is 0 Å². The summed E-state index contributed by atoms with van der Waals surface area (Å²) in [5.41, 5.74) is 1.86. The van der Waals surface area contributed by atoms with E-state index < -0.39 is 5.97 Å². The molecule has 4 rings (SSSR count). The molecule has 1 fully saturated rings. The van der Waals surface area contributed by atoms with Crippen molar-refractivity contribution in [3.8, 4) is 11.3 Å². The van der Waals surface area contributed by atoms with Gasteiger partial charge in [-0.25, -0.2) is 9.78 Å². The van der Waals surface area contributed by atoms with Crippen LogP contribution in [0, 0.1) is 0 Å². The second-order valence-corrected chi connectivity index (χ2v) is 8.58. The van der Waals surface area contributed by atoms with Gasteiger partial charge in [0.2, 0.25) is 0 Å². The zero-order chi connectivity index (χ0) is 22.0. The summed E-state index contributed by atoms with van der Waals surface area (Å²) in [5.74, 6) is -0.913. The van der Waals surface area contributed by atoms with Gasteiger partial charge in [0.15, 0.2) is 6.61 Å². The number of nitrogens with one attached hydrogen (secondary N) is 1. The van der Waals surface area contributed by atoms with Gasteiger partial charge in [-0.05, 0) is 37.1 Å². The van der Waals surface area contributed by atoms with Crippen LogP contribution in [0.2, 0.25) is 15.1 Å². The van der Waals surface area contributed by atoms with E-state index in [9.17, 15) is 9.59 Å². The Morgan fingerprint density at radius 1 is 1.03 bits per heavy atom. The molecule has 8 heteroatoms. The van der Waals surface area contributed by atoms with E-state index >= 15 is 0 Å². The number of halogens is 3. The molecule has 1 aliphatic rings. The molecule has 0 bridgehead atoms. The molecule has 1 heterocycles. The number of hydrogen-bond acceptors (Lipinski definition) is 4. The zero-order valence-electron chi connectivity index (χ0n) is 16.5. The maximum atomic E-state index is 12.9. The van der Waals surface area contributed by atoms with Gasteiger partial charge < -0.3 is 10.1 Å². The number of pyridine rings is 1. The first kappa shape index (κ1) is 21.9. The second kappa shape index (κ2) is 9.43. The molecule has 1 amide bonds. The van der Waals surface area contributed by atoms with Crippen molar-refractivity contribution in [2.45, 2.75) is 31.7 Å². The zero-order valence-corrected chi connectivity index (χ0v) is 18.7. The molecule has 1 aliphatic carbocycles. The SMILES string of the molecule is O=C(COC(=O)c1cc(-c2ccc(Cl)c(Cl)c2Cl)nc2ccccc12)NC1CCCC1. The number of hydrogen-bond donors (Lipinski definition) is 1. The normalized spacial score (nSPS) is 14.0. The lowest BCUT2D eigenvalue weighted by molar-refractivity contribution is -0.124. The Bertz CT molecular complexity index is 1160. The van der Waals surface area contributed by atoms with E-state index in [0.29, 0.717) is 27.2 Å². The fraction of sp³-hybridized carbons (Fsp3) is 0.261. The summed E-state index contributed by atoms with van der Waals surface area (Å²) in [7, 11) is 0. The molecule has 1 aromatic heterocycles. The Hall–Kier alpha value is -2.34. The van der Waals surface area contributed by atoms with Crippen molar-refractivity contribution >= 4 is 57.6 Å². The summed E-state index contributed by atoms with van der Waals surface area (Å²) >= 11 is 18.6. The van der Waals surface area contributed by atoms with Crippen LogP contribution in [0.3, 0.4) is 0 Å².